The summed E-state index contributed by atoms with van der Waals surface area (Å²) in [7, 11) is 1.59. The molecule has 0 saturated carbocycles. The number of fused-ring (bicyclic) bond motifs is 1. The number of hydrogen-bond donors (Lipinski definition) is 1. The molecule has 0 bridgehead atoms. The van der Waals surface area contributed by atoms with Crippen LogP contribution in [0.2, 0.25) is 0 Å². The van der Waals surface area contributed by atoms with Gasteiger partial charge in [-0.05, 0) is 53.8 Å². The van der Waals surface area contributed by atoms with Gasteiger partial charge >= 0.3 is 5.97 Å². The molecule has 1 aromatic carbocycles. The van der Waals surface area contributed by atoms with E-state index in [1.54, 1.807) is 20.1 Å². The van der Waals surface area contributed by atoms with Crippen LogP contribution in [-0.4, -0.2) is 69.0 Å². The van der Waals surface area contributed by atoms with Crippen LogP contribution in [0.5, 0.6) is 5.75 Å². The third-order valence-electron chi connectivity index (χ3n) is 5.57. The molecular weight excluding hydrogens is 428 g/mol. The fourth-order valence-corrected chi connectivity index (χ4v) is 3.96. The Morgan fingerprint density at radius 1 is 1.33 bits per heavy atom. The fraction of sp³-hybridized carbons (Fsp3) is 0.500. The molecule has 1 aliphatic rings. The van der Waals surface area contributed by atoms with E-state index in [0.717, 1.165) is 24.8 Å². The van der Waals surface area contributed by atoms with Crippen molar-refractivity contribution < 1.29 is 19.0 Å². The number of H-pyrrole nitrogens is 1. The summed E-state index contributed by atoms with van der Waals surface area (Å²) in [6, 6.07) is 7.46. The molecule has 0 amide bonds. The molecule has 3 heterocycles. The largest absolute Gasteiger partial charge is 0.497 e. The highest BCUT2D eigenvalue weighted by molar-refractivity contribution is 5.80. The van der Waals surface area contributed by atoms with E-state index in [2.05, 4.69) is 25.4 Å². The molecule has 1 atom stereocenters. The number of methoxy groups -OCH3 is 1. The monoisotopic (exact) mass is 456 g/mol. The van der Waals surface area contributed by atoms with Gasteiger partial charge in [-0.1, -0.05) is 0 Å². The molecule has 0 radical (unpaired) electrons. The highest BCUT2D eigenvalue weighted by atomic mass is 16.5. The van der Waals surface area contributed by atoms with Gasteiger partial charge < -0.3 is 19.2 Å². The number of hydrogen-bond acceptors (Lipinski definition) is 9. The van der Waals surface area contributed by atoms with Gasteiger partial charge in [-0.2, -0.15) is 0 Å². The zero-order valence-corrected chi connectivity index (χ0v) is 18.8. The number of benzene rings is 1. The zero-order valence-electron chi connectivity index (χ0n) is 18.8. The molecule has 2 aromatic heterocycles. The van der Waals surface area contributed by atoms with Gasteiger partial charge in [-0.3, -0.25) is 14.5 Å². The molecule has 0 spiro atoms. The van der Waals surface area contributed by atoms with E-state index in [4.69, 9.17) is 14.2 Å². The van der Waals surface area contributed by atoms with Crippen molar-refractivity contribution >= 4 is 16.9 Å². The minimum Gasteiger partial charge on any atom is -0.497 e. The number of ether oxygens (including phenoxy) is 3. The van der Waals surface area contributed by atoms with Gasteiger partial charge in [-0.15, -0.1) is 5.10 Å². The number of carbonyl (C=O) groups excluding carboxylic acids is 1. The van der Waals surface area contributed by atoms with Gasteiger partial charge in [-0.25, -0.2) is 4.68 Å². The first kappa shape index (κ1) is 22.9. The quantitative estimate of drug-likeness (QED) is 0.449. The Morgan fingerprint density at radius 3 is 2.97 bits per heavy atom. The number of carbonyl (C=O) groups is 1. The maximum absolute atomic E-state index is 12.8. The third-order valence-corrected chi connectivity index (χ3v) is 5.57. The third kappa shape index (κ3) is 5.74. The van der Waals surface area contributed by atoms with Crippen LogP contribution in [0.15, 0.2) is 29.1 Å². The number of pyridine rings is 1. The van der Waals surface area contributed by atoms with Crippen LogP contribution in [0.4, 0.5) is 0 Å². The van der Waals surface area contributed by atoms with Crippen molar-refractivity contribution in [1.29, 1.82) is 0 Å². The Labute approximate surface area is 190 Å². The summed E-state index contributed by atoms with van der Waals surface area (Å²) in [4.78, 5) is 29.8. The van der Waals surface area contributed by atoms with E-state index < -0.39 is 5.97 Å². The Morgan fingerprint density at radius 2 is 2.21 bits per heavy atom. The second-order valence-electron chi connectivity index (χ2n) is 7.94. The Hall–Kier alpha value is -3.31. The molecule has 3 aromatic rings. The average Bonchev–Trinajstić information content (AvgIpc) is 3.46. The minimum absolute atomic E-state index is 0.0671. The SMILES string of the molecule is CCOC(=O)Cn1nnnc1CN(Cc1cc2ccc(OC)cc2[nH]c1=O)C[C@H]1CCCO1. The summed E-state index contributed by atoms with van der Waals surface area (Å²) in [6.07, 6.45) is 2.04. The van der Waals surface area contributed by atoms with Crippen LogP contribution in [0.25, 0.3) is 10.9 Å². The summed E-state index contributed by atoms with van der Waals surface area (Å²) >= 11 is 0. The van der Waals surface area contributed by atoms with Crippen molar-refractivity contribution in [1.82, 2.24) is 30.1 Å². The lowest BCUT2D eigenvalue weighted by molar-refractivity contribution is -0.144. The maximum Gasteiger partial charge on any atom is 0.327 e. The molecule has 33 heavy (non-hydrogen) atoms. The Kier molecular flexibility index (Phi) is 7.30. The molecule has 11 nitrogen and oxygen atoms in total. The van der Waals surface area contributed by atoms with Crippen molar-refractivity contribution in [3.05, 3.63) is 46.0 Å². The highest BCUT2D eigenvalue weighted by Crippen LogP contribution is 2.20. The van der Waals surface area contributed by atoms with Crippen molar-refractivity contribution in [3.8, 4) is 5.75 Å². The van der Waals surface area contributed by atoms with Gasteiger partial charge in [0.25, 0.3) is 5.56 Å². The highest BCUT2D eigenvalue weighted by Gasteiger charge is 2.23. The lowest BCUT2D eigenvalue weighted by atomic mass is 10.1. The van der Waals surface area contributed by atoms with E-state index in [0.29, 0.717) is 42.3 Å². The van der Waals surface area contributed by atoms with Crippen LogP contribution in [0, 0.1) is 0 Å². The summed E-state index contributed by atoms with van der Waals surface area (Å²) in [5, 5.41) is 12.6. The number of aromatic nitrogens is 5. The average molecular weight is 457 g/mol. The molecule has 0 unspecified atom stereocenters. The normalized spacial score (nSPS) is 15.9. The standard InChI is InChI=1S/C22H28N6O5/c1-3-32-21(29)14-28-20(24-25-26-28)13-27(12-18-5-4-8-33-18)11-16-9-15-6-7-17(31-2)10-19(15)23-22(16)30/h6-7,9-10,18H,3-5,8,11-14H2,1-2H3,(H,23,30)/t18-/m1/s1. The van der Waals surface area contributed by atoms with E-state index in [9.17, 15) is 9.59 Å². The lowest BCUT2D eigenvalue weighted by Crippen LogP contribution is -2.34. The number of nitrogens with one attached hydrogen (secondary N) is 1. The van der Waals surface area contributed by atoms with Crippen LogP contribution in [0.1, 0.15) is 31.2 Å². The molecule has 11 heteroatoms. The molecule has 0 aliphatic carbocycles. The van der Waals surface area contributed by atoms with E-state index in [1.165, 1.54) is 4.68 Å². The van der Waals surface area contributed by atoms with Crippen LogP contribution >= 0.6 is 0 Å². The predicted molar refractivity (Wildman–Crippen MR) is 119 cm³/mol. The second-order valence-corrected chi connectivity index (χ2v) is 7.94. The number of aromatic amines is 1. The fourth-order valence-electron chi connectivity index (χ4n) is 3.96. The smallest absolute Gasteiger partial charge is 0.327 e. The summed E-state index contributed by atoms with van der Waals surface area (Å²) in [6.45, 7) is 4.05. The molecule has 1 N–H and O–H groups in total. The molecule has 1 saturated heterocycles. The van der Waals surface area contributed by atoms with Crippen molar-refractivity contribution in [2.45, 2.75) is 45.5 Å². The van der Waals surface area contributed by atoms with E-state index in [1.807, 2.05) is 18.2 Å². The zero-order chi connectivity index (χ0) is 23.2. The van der Waals surface area contributed by atoms with Crippen molar-refractivity contribution in [2.75, 3.05) is 26.9 Å². The molecule has 176 valence electrons. The van der Waals surface area contributed by atoms with Gasteiger partial charge in [0.1, 0.15) is 12.3 Å². The van der Waals surface area contributed by atoms with Crippen LogP contribution in [0.3, 0.4) is 0 Å². The predicted octanol–water partition coefficient (Wildman–Crippen LogP) is 1.27. The van der Waals surface area contributed by atoms with Crippen molar-refractivity contribution in [2.24, 2.45) is 0 Å². The van der Waals surface area contributed by atoms with Gasteiger partial charge in [0.2, 0.25) is 0 Å². The summed E-state index contributed by atoms with van der Waals surface area (Å²) < 4.78 is 17.5. The lowest BCUT2D eigenvalue weighted by Gasteiger charge is -2.24. The van der Waals surface area contributed by atoms with Crippen molar-refractivity contribution in [3.63, 3.8) is 0 Å². The number of nitrogens with zero attached hydrogens (tertiary/aromatic N) is 5. The summed E-state index contributed by atoms with van der Waals surface area (Å²) in [5.74, 6) is 0.792. The van der Waals surface area contributed by atoms with Gasteiger partial charge in [0, 0.05) is 31.3 Å². The number of rotatable bonds is 10. The topological polar surface area (TPSA) is 124 Å². The number of esters is 1. The van der Waals surface area contributed by atoms with Crippen LogP contribution in [-0.2, 0) is 33.9 Å². The van der Waals surface area contributed by atoms with Gasteiger partial charge in [0.05, 0.1) is 31.9 Å². The second kappa shape index (κ2) is 10.5. The summed E-state index contributed by atoms with van der Waals surface area (Å²) in [5.41, 5.74) is 1.17. The first-order valence-corrected chi connectivity index (χ1v) is 11.0. The van der Waals surface area contributed by atoms with E-state index >= 15 is 0 Å². The molecule has 1 fully saturated rings. The first-order chi connectivity index (χ1) is 16.1. The van der Waals surface area contributed by atoms with E-state index in [-0.39, 0.29) is 24.8 Å². The number of tetrazole rings is 1. The molecule has 1 aliphatic heterocycles. The Bertz CT molecular complexity index is 1150. The minimum atomic E-state index is -0.405. The molecular formula is C22H28N6O5. The van der Waals surface area contributed by atoms with Gasteiger partial charge in [0.15, 0.2) is 5.82 Å². The molecule has 4 rings (SSSR count). The maximum atomic E-state index is 12.8. The first-order valence-electron chi connectivity index (χ1n) is 11.0. The van der Waals surface area contributed by atoms with Crippen LogP contribution < -0.4 is 10.3 Å². The Balaban J connectivity index is 1.57.